The first kappa shape index (κ1) is 35.6. The average Bonchev–Trinajstić information content (AvgIpc) is 3.60. The molecule has 0 fully saturated rings. The van der Waals surface area contributed by atoms with Crippen LogP contribution in [0, 0.1) is 6.92 Å². The molecule has 10 rings (SSSR count). The van der Waals surface area contributed by atoms with Crippen LogP contribution in [0.5, 0.6) is 0 Å². The number of aryl methyl sites for hydroxylation is 1. The van der Waals surface area contributed by atoms with E-state index in [-0.39, 0.29) is 5.69 Å². The van der Waals surface area contributed by atoms with E-state index in [0.29, 0.717) is 0 Å². The van der Waals surface area contributed by atoms with Gasteiger partial charge in [0, 0.05) is 0 Å². The molecule has 280 valence electrons. The van der Waals surface area contributed by atoms with Crippen LogP contribution in [-0.2, 0) is 0 Å². The van der Waals surface area contributed by atoms with Crippen LogP contribution in [0.3, 0.4) is 0 Å². The van der Waals surface area contributed by atoms with E-state index in [1.54, 1.807) is 0 Å². The number of fused-ring (bicyclic) bond motifs is 1. The van der Waals surface area contributed by atoms with Gasteiger partial charge < -0.3 is 0 Å². The number of aromatic nitrogens is 2. The van der Waals surface area contributed by atoms with Gasteiger partial charge in [-0.2, -0.15) is 0 Å². The molecular weight excluding hydrogens is 717 g/mol. The Morgan fingerprint density at radius 3 is 0.881 bits per heavy atom. The fraction of sp³-hybridized carbons (Fsp3) is 0.0179. The van der Waals surface area contributed by atoms with Crippen LogP contribution in [0.15, 0.2) is 229 Å². The highest BCUT2D eigenvalue weighted by atomic mass is 16.1. The molecule has 0 N–H and O–H groups in total. The summed E-state index contributed by atoms with van der Waals surface area (Å²) in [5.41, 5.74) is 18.1. The smallest absolute Gasteiger partial charge is 0.260 e. The zero-order valence-electron chi connectivity index (χ0n) is 32.7. The standard InChI is InChI=1S/C56H40N2O/c1-39-22-31-54-55(32-39)58(53-29-25-45(26-30-53)51-37-48(42-18-10-4-11-19-42)34-49(38-51)43-20-12-5-13-21-43)56(59)57(54)52-27-23-44(24-28-52)50-35-46(40-14-6-2-7-15-40)33-47(36-50)41-16-8-3-9-17-41/h2-38H,1H3. The summed E-state index contributed by atoms with van der Waals surface area (Å²) in [6, 6.07) is 78.6. The van der Waals surface area contributed by atoms with Crippen molar-refractivity contribution in [2.24, 2.45) is 0 Å². The summed E-state index contributed by atoms with van der Waals surface area (Å²) >= 11 is 0. The molecule has 1 aromatic heterocycles. The lowest BCUT2D eigenvalue weighted by Gasteiger charge is -2.12. The van der Waals surface area contributed by atoms with E-state index in [1.165, 1.54) is 22.3 Å². The van der Waals surface area contributed by atoms with Crippen molar-refractivity contribution in [1.29, 1.82) is 0 Å². The molecule has 0 saturated carbocycles. The van der Waals surface area contributed by atoms with Crippen molar-refractivity contribution in [2.75, 3.05) is 0 Å². The molecule has 0 amide bonds. The normalized spacial score (nSPS) is 11.2. The van der Waals surface area contributed by atoms with Gasteiger partial charge >= 0.3 is 5.69 Å². The van der Waals surface area contributed by atoms with Crippen LogP contribution in [0.1, 0.15) is 5.56 Å². The molecular formula is C56H40N2O. The van der Waals surface area contributed by atoms with Crippen molar-refractivity contribution in [2.45, 2.75) is 6.92 Å². The maximum Gasteiger partial charge on any atom is 0.338 e. The molecule has 0 aliphatic carbocycles. The van der Waals surface area contributed by atoms with Crippen molar-refractivity contribution >= 4 is 11.0 Å². The first-order valence-corrected chi connectivity index (χ1v) is 20.0. The van der Waals surface area contributed by atoms with Gasteiger partial charge in [-0.25, -0.2) is 4.79 Å². The van der Waals surface area contributed by atoms with Gasteiger partial charge in [0.15, 0.2) is 0 Å². The average molecular weight is 757 g/mol. The Balaban J connectivity index is 1.03. The molecule has 0 atom stereocenters. The summed E-state index contributed by atoms with van der Waals surface area (Å²) in [7, 11) is 0. The van der Waals surface area contributed by atoms with Crippen LogP contribution in [-0.4, -0.2) is 9.13 Å². The quantitative estimate of drug-likeness (QED) is 0.152. The largest absolute Gasteiger partial charge is 0.338 e. The number of benzene rings is 9. The van der Waals surface area contributed by atoms with E-state index in [1.807, 2.05) is 33.4 Å². The Morgan fingerprint density at radius 1 is 0.271 bits per heavy atom. The van der Waals surface area contributed by atoms with Crippen molar-refractivity contribution in [3.8, 4) is 78.1 Å². The lowest BCUT2D eigenvalue weighted by molar-refractivity contribution is 0.931. The molecule has 0 aliphatic rings. The molecule has 0 aliphatic heterocycles. The number of hydrogen-bond acceptors (Lipinski definition) is 1. The van der Waals surface area contributed by atoms with Gasteiger partial charge in [-0.05, 0) is 152 Å². The molecule has 0 saturated heterocycles. The minimum Gasteiger partial charge on any atom is -0.260 e. The van der Waals surface area contributed by atoms with Gasteiger partial charge in [0.05, 0.1) is 22.4 Å². The fourth-order valence-corrected chi connectivity index (χ4v) is 8.19. The lowest BCUT2D eigenvalue weighted by atomic mass is 9.93. The molecule has 1 heterocycles. The summed E-state index contributed by atoms with van der Waals surface area (Å²) < 4.78 is 3.67. The Kier molecular flexibility index (Phi) is 9.25. The topological polar surface area (TPSA) is 26.9 Å². The summed E-state index contributed by atoms with van der Waals surface area (Å²) in [5.74, 6) is 0. The summed E-state index contributed by atoms with van der Waals surface area (Å²) in [6.07, 6.45) is 0. The molecule has 3 heteroatoms. The predicted molar refractivity (Wildman–Crippen MR) is 246 cm³/mol. The number of hydrogen-bond donors (Lipinski definition) is 0. The highest BCUT2D eigenvalue weighted by Crippen LogP contribution is 2.35. The Labute approximate surface area is 344 Å². The minimum absolute atomic E-state index is 0.110. The second kappa shape index (κ2) is 15.3. The van der Waals surface area contributed by atoms with Gasteiger partial charge in [0.2, 0.25) is 0 Å². The predicted octanol–water partition coefficient (Wildman–Crippen LogP) is 14.1. The number of nitrogens with zero attached hydrogens (tertiary/aromatic N) is 2. The van der Waals surface area contributed by atoms with E-state index < -0.39 is 0 Å². The van der Waals surface area contributed by atoms with Crippen molar-refractivity contribution in [3.05, 3.63) is 241 Å². The maximum atomic E-state index is 14.6. The molecule has 59 heavy (non-hydrogen) atoms. The summed E-state index contributed by atoms with van der Waals surface area (Å²) in [4.78, 5) is 14.6. The zero-order chi connectivity index (χ0) is 39.7. The van der Waals surface area contributed by atoms with Crippen LogP contribution < -0.4 is 5.69 Å². The van der Waals surface area contributed by atoms with Crippen LogP contribution >= 0.6 is 0 Å². The maximum absolute atomic E-state index is 14.6. The Bertz CT molecular complexity index is 3010. The highest BCUT2D eigenvalue weighted by Gasteiger charge is 2.18. The molecule has 0 radical (unpaired) electrons. The van der Waals surface area contributed by atoms with E-state index in [9.17, 15) is 4.79 Å². The summed E-state index contributed by atoms with van der Waals surface area (Å²) in [5, 5.41) is 0. The number of imidazole rings is 1. The monoisotopic (exact) mass is 756 g/mol. The van der Waals surface area contributed by atoms with Gasteiger partial charge in [0.1, 0.15) is 0 Å². The molecule has 0 bridgehead atoms. The highest BCUT2D eigenvalue weighted by molar-refractivity contribution is 5.85. The summed E-state index contributed by atoms with van der Waals surface area (Å²) in [6.45, 7) is 2.07. The third-order valence-corrected chi connectivity index (χ3v) is 11.2. The Hall–Kier alpha value is -7.75. The van der Waals surface area contributed by atoms with E-state index in [2.05, 4.69) is 207 Å². The molecule has 0 spiro atoms. The molecule has 0 unspecified atom stereocenters. The second-order valence-corrected chi connectivity index (χ2v) is 15.1. The first-order chi connectivity index (χ1) is 29.1. The van der Waals surface area contributed by atoms with E-state index in [4.69, 9.17) is 0 Å². The Morgan fingerprint density at radius 2 is 0.559 bits per heavy atom. The van der Waals surface area contributed by atoms with Crippen molar-refractivity contribution in [1.82, 2.24) is 9.13 Å². The van der Waals surface area contributed by atoms with Crippen LogP contribution in [0.25, 0.3) is 89.2 Å². The second-order valence-electron chi connectivity index (χ2n) is 15.1. The first-order valence-electron chi connectivity index (χ1n) is 20.0. The molecule has 9 aromatic carbocycles. The lowest BCUT2D eigenvalue weighted by Crippen LogP contribution is -2.22. The SMILES string of the molecule is Cc1ccc2c(c1)n(-c1ccc(-c3cc(-c4ccccc4)cc(-c4ccccc4)c3)cc1)c(=O)n2-c1ccc(-c2cc(-c3ccccc3)cc(-c3ccccc3)c2)cc1. The number of rotatable bonds is 8. The van der Waals surface area contributed by atoms with E-state index in [0.717, 1.165) is 72.5 Å². The fourth-order valence-electron chi connectivity index (χ4n) is 8.19. The van der Waals surface area contributed by atoms with Gasteiger partial charge in [0.25, 0.3) is 0 Å². The van der Waals surface area contributed by atoms with E-state index >= 15 is 0 Å². The van der Waals surface area contributed by atoms with Crippen LogP contribution in [0.4, 0.5) is 0 Å². The molecule has 10 aromatic rings. The third-order valence-electron chi connectivity index (χ3n) is 11.2. The molecule has 3 nitrogen and oxygen atoms in total. The van der Waals surface area contributed by atoms with Crippen molar-refractivity contribution < 1.29 is 0 Å². The van der Waals surface area contributed by atoms with Crippen LogP contribution in [0.2, 0.25) is 0 Å². The third kappa shape index (κ3) is 7.00. The van der Waals surface area contributed by atoms with Gasteiger partial charge in [-0.3, -0.25) is 9.13 Å². The van der Waals surface area contributed by atoms with Gasteiger partial charge in [-0.1, -0.05) is 152 Å². The van der Waals surface area contributed by atoms with Crippen molar-refractivity contribution in [3.63, 3.8) is 0 Å². The van der Waals surface area contributed by atoms with Gasteiger partial charge in [-0.15, -0.1) is 0 Å². The zero-order valence-corrected chi connectivity index (χ0v) is 32.7. The minimum atomic E-state index is -0.110.